The predicted octanol–water partition coefficient (Wildman–Crippen LogP) is 3.39. The third kappa shape index (κ3) is 2.54. The second kappa shape index (κ2) is 5.33. The van der Waals surface area contributed by atoms with E-state index in [-0.39, 0.29) is 30.8 Å². The van der Waals surface area contributed by atoms with Gasteiger partial charge in [0.05, 0.1) is 0 Å². The summed E-state index contributed by atoms with van der Waals surface area (Å²) in [5.41, 5.74) is 0.547. The van der Waals surface area contributed by atoms with Gasteiger partial charge in [-0.25, -0.2) is 0 Å². The van der Waals surface area contributed by atoms with E-state index in [4.69, 9.17) is 0 Å². The zero-order chi connectivity index (χ0) is 13.6. The number of hydrogen-bond acceptors (Lipinski definition) is 2. The van der Waals surface area contributed by atoms with Gasteiger partial charge < -0.3 is 2.85 Å². The topological polar surface area (TPSA) is 54.4 Å². The summed E-state index contributed by atoms with van der Waals surface area (Å²) in [6, 6.07) is 15.0. The molecule has 0 fully saturated rings. The molecule has 0 spiro atoms. The molecular weight excluding hydrogens is 285 g/mol. The normalized spacial score (nSPS) is 11.5. The molecule has 0 aliphatic carbocycles. The molecule has 5 heteroatoms. The predicted molar refractivity (Wildman–Crippen MR) is 84.0 cm³/mol. The fraction of sp³-hybridized carbons (Fsp3) is 0.0667. The minimum absolute atomic E-state index is 0. The van der Waals surface area contributed by atoms with Crippen LogP contribution >= 0.6 is 0 Å². The maximum Gasteiger partial charge on any atom is 2.00 e. The fourth-order valence-electron chi connectivity index (χ4n) is 2.44. The molecule has 1 N–H and O–H groups in total. The molecule has 0 aromatic heterocycles. The van der Waals surface area contributed by atoms with E-state index in [0.717, 1.165) is 16.2 Å². The van der Waals surface area contributed by atoms with Gasteiger partial charge in [-0.1, -0.05) is 36.4 Å². The van der Waals surface area contributed by atoms with Gasteiger partial charge in [0.25, 0.3) is 10.1 Å². The van der Waals surface area contributed by atoms with E-state index in [1.807, 2.05) is 36.4 Å². The maximum atomic E-state index is 11.6. The Labute approximate surface area is 136 Å². The molecule has 0 heterocycles. The maximum absolute atomic E-state index is 11.6. The molecule has 20 heavy (non-hydrogen) atoms. The number of aryl methyl sites for hydroxylation is 1. The summed E-state index contributed by atoms with van der Waals surface area (Å²) in [6.45, 7) is 1.68. The van der Waals surface area contributed by atoms with Crippen molar-refractivity contribution in [2.45, 2.75) is 11.8 Å². The summed E-state index contributed by atoms with van der Waals surface area (Å²) < 4.78 is 32.5. The Morgan fingerprint density at radius 1 is 0.950 bits per heavy atom. The number of rotatable bonds is 1. The van der Waals surface area contributed by atoms with Crippen molar-refractivity contribution in [1.29, 1.82) is 0 Å². The van der Waals surface area contributed by atoms with Gasteiger partial charge >= 0.3 is 23.1 Å². The van der Waals surface area contributed by atoms with Crippen molar-refractivity contribution in [2.24, 2.45) is 0 Å². The van der Waals surface area contributed by atoms with Crippen LogP contribution in [0.4, 0.5) is 0 Å². The first-order valence-corrected chi connectivity index (χ1v) is 7.30. The molecule has 0 aliphatic heterocycles. The van der Waals surface area contributed by atoms with E-state index >= 15 is 0 Å². The van der Waals surface area contributed by atoms with Gasteiger partial charge in [-0.3, -0.25) is 4.55 Å². The molecule has 0 aliphatic rings. The second-order valence-electron chi connectivity index (χ2n) is 4.61. The Balaban J connectivity index is 0.00000147. The fourth-order valence-corrected chi connectivity index (χ4v) is 3.37. The van der Waals surface area contributed by atoms with E-state index in [1.165, 1.54) is 0 Å². The van der Waals surface area contributed by atoms with Crippen LogP contribution in [0.5, 0.6) is 0 Å². The first-order chi connectivity index (χ1) is 8.97. The van der Waals surface area contributed by atoms with Crippen LogP contribution in [0.1, 0.15) is 8.42 Å². The summed E-state index contributed by atoms with van der Waals surface area (Å²) in [7, 11) is -4.23. The largest absolute Gasteiger partial charge is 2.00 e. The Morgan fingerprint density at radius 2 is 1.55 bits per heavy atom. The minimum atomic E-state index is -4.23. The molecule has 0 radical (unpaired) electrons. The van der Waals surface area contributed by atoms with Crippen molar-refractivity contribution < 1.29 is 15.8 Å². The zero-order valence-corrected chi connectivity index (χ0v) is 13.2. The van der Waals surface area contributed by atoms with Crippen molar-refractivity contribution in [1.82, 2.24) is 0 Å². The second-order valence-corrected chi connectivity index (χ2v) is 5.97. The molecule has 0 saturated heterocycles. The van der Waals surface area contributed by atoms with Crippen LogP contribution in [0, 0.1) is 6.92 Å². The smallest absolute Gasteiger partial charge is 1.00 e. The van der Waals surface area contributed by atoms with Gasteiger partial charge in [-0.05, 0) is 40.8 Å². The van der Waals surface area contributed by atoms with Crippen molar-refractivity contribution >= 4 is 54.7 Å². The van der Waals surface area contributed by atoms with Gasteiger partial charge in [-0.15, -0.1) is 0 Å². The third-order valence-corrected chi connectivity index (χ3v) is 4.35. The van der Waals surface area contributed by atoms with Gasteiger partial charge in [-0.2, -0.15) is 8.42 Å². The van der Waals surface area contributed by atoms with Gasteiger partial charge in [0.1, 0.15) is 4.90 Å². The van der Waals surface area contributed by atoms with E-state index in [0.29, 0.717) is 10.9 Å². The molecule has 3 aromatic rings. The first kappa shape index (κ1) is 15.2. The summed E-state index contributed by atoms with van der Waals surface area (Å²) in [4.78, 5) is -0.00393. The molecule has 3 rings (SSSR count). The number of fused-ring (bicyclic) bond motifs is 2. The summed E-state index contributed by atoms with van der Waals surface area (Å²) in [6.07, 6.45) is 0. The molecule has 0 unspecified atom stereocenters. The van der Waals surface area contributed by atoms with Crippen LogP contribution in [-0.4, -0.2) is 36.0 Å². The molecule has 0 atom stereocenters. The average Bonchev–Trinajstić information content (AvgIpc) is 2.34. The Kier molecular flexibility index (Phi) is 4.06. The Morgan fingerprint density at radius 3 is 2.15 bits per heavy atom. The Bertz CT molecular complexity index is 911. The van der Waals surface area contributed by atoms with Crippen molar-refractivity contribution in [3.8, 4) is 0 Å². The van der Waals surface area contributed by atoms with Crippen molar-refractivity contribution in [2.75, 3.05) is 0 Å². The van der Waals surface area contributed by atoms with Crippen molar-refractivity contribution in [3.63, 3.8) is 0 Å². The van der Waals surface area contributed by atoms with Crippen LogP contribution < -0.4 is 0 Å². The van der Waals surface area contributed by atoms with Gasteiger partial charge in [0, 0.05) is 5.39 Å². The van der Waals surface area contributed by atoms with E-state index in [1.54, 1.807) is 19.1 Å². The SMILES string of the molecule is Cc1ccc2cc3ccccc3cc2c1S(=O)(=O)O.[H-].[H-].[Mg+2]. The van der Waals surface area contributed by atoms with Crippen LogP contribution in [0.3, 0.4) is 0 Å². The summed E-state index contributed by atoms with van der Waals surface area (Å²) in [5.74, 6) is 0. The van der Waals surface area contributed by atoms with Crippen LogP contribution in [0.25, 0.3) is 21.5 Å². The molecular formula is C15H14MgO3S. The van der Waals surface area contributed by atoms with Crippen LogP contribution in [0.2, 0.25) is 0 Å². The minimum Gasteiger partial charge on any atom is -1.00 e. The molecule has 0 amide bonds. The van der Waals surface area contributed by atoms with E-state index in [9.17, 15) is 13.0 Å². The molecule has 3 nitrogen and oxygen atoms in total. The molecule has 100 valence electrons. The van der Waals surface area contributed by atoms with Crippen molar-refractivity contribution in [3.05, 3.63) is 54.1 Å². The zero-order valence-electron chi connectivity index (χ0n) is 13.0. The van der Waals surface area contributed by atoms with Gasteiger partial charge in [0.15, 0.2) is 0 Å². The van der Waals surface area contributed by atoms with E-state index < -0.39 is 10.1 Å². The monoisotopic (exact) mass is 298 g/mol. The summed E-state index contributed by atoms with van der Waals surface area (Å²) in [5, 5.41) is 3.35. The quantitative estimate of drug-likeness (QED) is 0.425. The molecule has 3 aromatic carbocycles. The van der Waals surface area contributed by atoms with Crippen LogP contribution in [-0.2, 0) is 10.1 Å². The number of benzene rings is 3. The molecule has 0 saturated carbocycles. The first-order valence-electron chi connectivity index (χ1n) is 5.86. The van der Waals surface area contributed by atoms with Gasteiger partial charge in [0.2, 0.25) is 0 Å². The summed E-state index contributed by atoms with van der Waals surface area (Å²) >= 11 is 0. The third-order valence-electron chi connectivity index (χ3n) is 3.29. The molecule has 0 bridgehead atoms. The van der Waals surface area contributed by atoms with E-state index in [2.05, 4.69) is 0 Å². The average molecular weight is 299 g/mol. The Hall–Kier alpha value is -1.14. The van der Waals surface area contributed by atoms with Crippen LogP contribution in [0.15, 0.2) is 53.4 Å². The number of hydrogen-bond donors (Lipinski definition) is 1. The standard InChI is InChI=1S/C15H12O3S.Mg.2H/c1-10-6-7-13-8-11-4-2-3-5-12(11)9-14(13)15(10)19(16,17)18;;;/h2-9H,1H3,(H,16,17,18);;;/q;+2;2*-1.